The summed E-state index contributed by atoms with van der Waals surface area (Å²) in [6, 6.07) is 18.2. The molecule has 1 aromatic heterocycles. The number of nitrogens with one attached hydrogen (secondary N) is 1. The van der Waals surface area contributed by atoms with Crippen molar-refractivity contribution >= 4 is 17.3 Å². The van der Waals surface area contributed by atoms with Gasteiger partial charge in [0.1, 0.15) is 0 Å². The zero-order chi connectivity index (χ0) is 20.1. The minimum atomic E-state index is -0.0184. The van der Waals surface area contributed by atoms with Crippen LogP contribution in [0.2, 0.25) is 0 Å². The Balaban J connectivity index is 1.80. The van der Waals surface area contributed by atoms with E-state index < -0.39 is 0 Å². The van der Waals surface area contributed by atoms with Crippen molar-refractivity contribution in [2.75, 3.05) is 5.32 Å². The normalized spacial score (nSPS) is 10.8. The number of nitrogens with zero attached hydrogens (tertiary/aromatic N) is 2. The highest BCUT2D eigenvalue weighted by atomic mass is 16.2. The highest BCUT2D eigenvalue weighted by Gasteiger charge is 2.19. The number of carbonyl (C=O) groups is 1. The van der Waals surface area contributed by atoms with Crippen LogP contribution < -0.4 is 5.32 Å². The van der Waals surface area contributed by atoms with E-state index in [2.05, 4.69) is 36.3 Å². The van der Waals surface area contributed by atoms with Crippen LogP contribution in [-0.4, -0.2) is 21.8 Å². The highest BCUT2D eigenvalue weighted by Crippen LogP contribution is 2.21. The summed E-state index contributed by atoms with van der Waals surface area (Å²) < 4.78 is 0. The first-order chi connectivity index (χ1) is 13.4. The maximum Gasteiger partial charge on any atom is 0.256 e. The number of amides is 1. The van der Waals surface area contributed by atoms with Gasteiger partial charge in [0.15, 0.2) is 0 Å². The SMILES string of the molecule is Cc1ccc(Nc2cncc(C(=O)N(Cc3ccccc3)C(C)C)c2)cc1C. The van der Waals surface area contributed by atoms with Crippen molar-refractivity contribution in [2.24, 2.45) is 0 Å². The lowest BCUT2D eigenvalue weighted by Crippen LogP contribution is -2.36. The van der Waals surface area contributed by atoms with Crippen LogP contribution in [0.15, 0.2) is 67.0 Å². The van der Waals surface area contributed by atoms with Crippen molar-refractivity contribution in [1.82, 2.24) is 9.88 Å². The van der Waals surface area contributed by atoms with Crippen LogP contribution in [0, 0.1) is 13.8 Å². The first-order valence-corrected chi connectivity index (χ1v) is 9.58. The molecule has 0 saturated heterocycles. The Morgan fingerprint density at radius 3 is 2.39 bits per heavy atom. The molecule has 0 atom stereocenters. The lowest BCUT2D eigenvalue weighted by atomic mass is 10.1. The van der Waals surface area contributed by atoms with Crippen LogP contribution in [0.5, 0.6) is 0 Å². The smallest absolute Gasteiger partial charge is 0.256 e. The van der Waals surface area contributed by atoms with E-state index in [9.17, 15) is 4.79 Å². The molecule has 28 heavy (non-hydrogen) atoms. The van der Waals surface area contributed by atoms with E-state index in [1.165, 1.54) is 11.1 Å². The second kappa shape index (κ2) is 8.70. The average molecular weight is 374 g/mol. The number of pyridine rings is 1. The second-order valence-electron chi connectivity index (χ2n) is 7.40. The van der Waals surface area contributed by atoms with Gasteiger partial charge in [0.05, 0.1) is 17.4 Å². The van der Waals surface area contributed by atoms with Gasteiger partial charge in [-0.3, -0.25) is 9.78 Å². The third-order valence-corrected chi connectivity index (χ3v) is 4.86. The molecule has 4 nitrogen and oxygen atoms in total. The summed E-state index contributed by atoms with van der Waals surface area (Å²) in [6.07, 6.45) is 3.37. The Bertz CT molecular complexity index is 951. The molecule has 0 aliphatic heterocycles. The Labute approximate surface area is 167 Å². The molecule has 0 saturated carbocycles. The minimum Gasteiger partial charge on any atom is -0.354 e. The maximum absolute atomic E-state index is 13.2. The van der Waals surface area contributed by atoms with Crippen molar-refractivity contribution in [1.29, 1.82) is 0 Å². The summed E-state index contributed by atoms with van der Waals surface area (Å²) in [7, 11) is 0. The predicted octanol–water partition coefficient (Wildman–Crippen LogP) is 5.49. The van der Waals surface area contributed by atoms with Gasteiger partial charge in [-0.15, -0.1) is 0 Å². The third kappa shape index (κ3) is 4.77. The molecule has 0 radical (unpaired) electrons. The predicted molar refractivity (Wildman–Crippen MR) is 115 cm³/mol. The molecule has 0 bridgehead atoms. The molecule has 1 N–H and O–H groups in total. The fraction of sp³-hybridized carbons (Fsp3) is 0.250. The third-order valence-electron chi connectivity index (χ3n) is 4.86. The van der Waals surface area contributed by atoms with Gasteiger partial charge in [-0.05, 0) is 62.6 Å². The van der Waals surface area contributed by atoms with Crippen molar-refractivity contribution in [3.63, 3.8) is 0 Å². The molecule has 1 amide bonds. The van der Waals surface area contributed by atoms with Crippen molar-refractivity contribution in [3.05, 3.63) is 89.2 Å². The molecule has 0 unspecified atom stereocenters. The highest BCUT2D eigenvalue weighted by molar-refractivity contribution is 5.95. The maximum atomic E-state index is 13.2. The van der Waals surface area contributed by atoms with Gasteiger partial charge < -0.3 is 10.2 Å². The number of rotatable bonds is 6. The van der Waals surface area contributed by atoms with Crippen molar-refractivity contribution in [2.45, 2.75) is 40.3 Å². The zero-order valence-electron chi connectivity index (χ0n) is 16.9. The van der Waals surface area contributed by atoms with E-state index in [4.69, 9.17) is 0 Å². The summed E-state index contributed by atoms with van der Waals surface area (Å²) >= 11 is 0. The summed E-state index contributed by atoms with van der Waals surface area (Å²) in [5, 5.41) is 3.35. The van der Waals surface area contributed by atoms with Gasteiger partial charge in [-0.2, -0.15) is 0 Å². The molecule has 3 aromatic rings. The van der Waals surface area contributed by atoms with Gasteiger partial charge >= 0.3 is 0 Å². The molecular weight excluding hydrogens is 346 g/mol. The molecule has 0 spiro atoms. The molecule has 0 fully saturated rings. The molecule has 0 aliphatic rings. The first-order valence-electron chi connectivity index (χ1n) is 9.58. The van der Waals surface area contributed by atoms with Gasteiger partial charge in [-0.1, -0.05) is 36.4 Å². The number of carbonyl (C=O) groups excluding carboxylic acids is 1. The van der Waals surface area contributed by atoms with Crippen LogP contribution in [0.3, 0.4) is 0 Å². The van der Waals surface area contributed by atoms with Crippen LogP contribution in [0.4, 0.5) is 11.4 Å². The molecule has 144 valence electrons. The number of benzene rings is 2. The van der Waals surface area contributed by atoms with Crippen LogP contribution >= 0.6 is 0 Å². The summed E-state index contributed by atoms with van der Waals surface area (Å²) in [5.74, 6) is -0.0184. The lowest BCUT2D eigenvalue weighted by molar-refractivity contribution is 0.0690. The Kier molecular flexibility index (Phi) is 6.09. The molecule has 4 heteroatoms. The number of hydrogen-bond donors (Lipinski definition) is 1. The summed E-state index contributed by atoms with van der Waals surface area (Å²) in [6.45, 7) is 8.82. The standard InChI is InChI=1S/C24H27N3O/c1-17(2)27(16-20-8-6-5-7-9-20)24(28)21-13-23(15-25-14-21)26-22-11-10-18(3)19(4)12-22/h5-15,17,26H,16H2,1-4H3. The van der Waals surface area contributed by atoms with E-state index in [0.717, 1.165) is 16.9 Å². The second-order valence-corrected chi connectivity index (χ2v) is 7.40. The largest absolute Gasteiger partial charge is 0.354 e. The zero-order valence-corrected chi connectivity index (χ0v) is 16.9. The minimum absolute atomic E-state index is 0.0184. The Morgan fingerprint density at radius 2 is 1.71 bits per heavy atom. The Morgan fingerprint density at radius 1 is 0.964 bits per heavy atom. The van der Waals surface area contributed by atoms with E-state index in [0.29, 0.717) is 12.1 Å². The number of hydrogen-bond acceptors (Lipinski definition) is 3. The fourth-order valence-corrected chi connectivity index (χ4v) is 3.05. The molecule has 0 aliphatic carbocycles. The topological polar surface area (TPSA) is 45.2 Å². The Hall–Kier alpha value is -3.14. The van der Waals surface area contributed by atoms with Crippen LogP contribution in [0.1, 0.15) is 40.9 Å². The van der Waals surface area contributed by atoms with Crippen LogP contribution in [-0.2, 0) is 6.54 Å². The summed E-state index contributed by atoms with van der Waals surface area (Å²) in [4.78, 5) is 19.3. The van der Waals surface area contributed by atoms with Crippen molar-refractivity contribution < 1.29 is 4.79 Å². The van der Waals surface area contributed by atoms with Gasteiger partial charge in [0, 0.05) is 24.5 Å². The van der Waals surface area contributed by atoms with Crippen LogP contribution in [0.25, 0.3) is 0 Å². The number of aromatic nitrogens is 1. The lowest BCUT2D eigenvalue weighted by Gasteiger charge is -2.27. The quantitative estimate of drug-likeness (QED) is 0.621. The molecule has 3 rings (SSSR count). The van der Waals surface area contributed by atoms with E-state index in [-0.39, 0.29) is 11.9 Å². The average Bonchev–Trinajstić information content (AvgIpc) is 2.69. The molecule has 1 heterocycles. The van der Waals surface area contributed by atoms with E-state index >= 15 is 0 Å². The summed E-state index contributed by atoms with van der Waals surface area (Å²) in [5.41, 5.74) is 5.96. The van der Waals surface area contributed by atoms with Gasteiger partial charge in [-0.25, -0.2) is 0 Å². The fourth-order valence-electron chi connectivity index (χ4n) is 3.05. The molecule has 2 aromatic carbocycles. The molecular formula is C24H27N3O. The van der Waals surface area contributed by atoms with Gasteiger partial charge in [0.2, 0.25) is 0 Å². The van der Waals surface area contributed by atoms with E-state index in [1.54, 1.807) is 12.4 Å². The monoisotopic (exact) mass is 373 g/mol. The first kappa shape index (κ1) is 19.6. The van der Waals surface area contributed by atoms with Gasteiger partial charge in [0.25, 0.3) is 5.91 Å². The number of aryl methyl sites for hydroxylation is 2. The van der Waals surface area contributed by atoms with Crippen molar-refractivity contribution in [3.8, 4) is 0 Å². The number of anilines is 2. The van der Waals surface area contributed by atoms with E-state index in [1.807, 2.05) is 61.2 Å².